The number of rotatable bonds is 8. The number of hydrogen-bond acceptors (Lipinski definition) is 7. The third kappa shape index (κ3) is 3.51. The van der Waals surface area contributed by atoms with Crippen LogP contribution in [-0.2, 0) is 6.54 Å². The minimum absolute atomic E-state index is 0.100. The zero-order valence-electron chi connectivity index (χ0n) is 11.6. The molecule has 0 bridgehead atoms. The Morgan fingerprint density at radius 1 is 1.00 bits per heavy atom. The maximum Gasteiger partial charge on any atom is 0.200 e. The van der Waals surface area contributed by atoms with Crippen molar-refractivity contribution in [2.45, 2.75) is 12.1 Å². The zero-order chi connectivity index (χ0) is 15.2. The lowest BCUT2D eigenvalue weighted by atomic mass is 10.0. The van der Waals surface area contributed by atoms with Crippen LogP contribution in [0, 0.1) is 0 Å². The molecule has 1 rings (SSSR count). The first-order chi connectivity index (χ1) is 9.55. The number of hydrogen-bond donors (Lipinski definition) is 5. The minimum Gasteiger partial charge on any atom is -0.502 e. The largest absolute Gasteiger partial charge is 0.502 e. The lowest BCUT2D eigenvalue weighted by molar-refractivity contribution is 0.0413. The molecule has 7 nitrogen and oxygen atoms in total. The maximum atomic E-state index is 9.79. The van der Waals surface area contributed by atoms with E-state index in [1.165, 1.54) is 14.2 Å². The van der Waals surface area contributed by atoms with Gasteiger partial charge in [0.2, 0.25) is 5.75 Å². The molecule has 0 aromatic heterocycles. The highest BCUT2D eigenvalue weighted by atomic mass is 16.5. The van der Waals surface area contributed by atoms with Crippen LogP contribution in [0.2, 0.25) is 0 Å². The van der Waals surface area contributed by atoms with Crippen LogP contribution < -0.4 is 14.8 Å². The first-order valence-electron chi connectivity index (χ1n) is 6.07. The predicted molar refractivity (Wildman–Crippen MR) is 72.0 cm³/mol. The molecule has 114 valence electrons. The van der Waals surface area contributed by atoms with Gasteiger partial charge >= 0.3 is 0 Å². The summed E-state index contributed by atoms with van der Waals surface area (Å²) in [6, 6.07) is 3.20. The van der Waals surface area contributed by atoms with Crippen LogP contribution in [0.5, 0.6) is 17.2 Å². The Labute approximate surface area is 117 Å². The van der Waals surface area contributed by atoms with Crippen LogP contribution in [0.3, 0.4) is 0 Å². The van der Waals surface area contributed by atoms with Gasteiger partial charge in [-0.3, -0.25) is 0 Å². The molecule has 1 aromatic carbocycles. The van der Waals surface area contributed by atoms with Crippen molar-refractivity contribution in [2.75, 3.05) is 34.0 Å². The molecular weight excluding hydrogens is 266 g/mol. The van der Waals surface area contributed by atoms with Gasteiger partial charge in [-0.2, -0.15) is 0 Å². The molecule has 20 heavy (non-hydrogen) atoms. The summed E-state index contributed by atoms with van der Waals surface area (Å²) in [6.07, 6.45) is 0. The van der Waals surface area contributed by atoms with Gasteiger partial charge in [0.05, 0.1) is 39.6 Å². The molecule has 0 aliphatic heterocycles. The number of benzene rings is 1. The van der Waals surface area contributed by atoms with Crippen molar-refractivity contribution in [3.63, 3.8) is 0 Å². The Morgan fingerprint density at radius 3 is 1.80 bits per heavy atom. The number of ether oxygens (including phenoxy) is 2. The SMILES string of the molecule is COc1cc(CNC(CO)(CO)CO)cc(OC)c1O. The second-order valence-corrected chi connectivity index (χ2v) is 4.46. The van der Waals surface area contributed by atoms with E-state index in [1.54, 1.807) is 12.1 Å². The van der Waals surface area contributed by atoms with E-state index in [0.29, 0.717) is 5.56 Å². The molecule has 0 aliphatic rings. The van der Waals surface area contributed by atoms with E-state index in [9.17, 15) is 20.4 Å². The molecule has 0 aliphatic carbocycles. The fourth-order valence-electron chi connectivity index (χ4n) is 1.66. The highest BCUT2D eigenvalue weighted by Gasteiger charge is 2.27. The van der Waals surface area contributed by atoms with Gasteiger partial charge in [-0.15, -0.1) is 0 Å². The molecule has 7 heteroatoms. The summed E-state index contributed by atoms with van der Waals surface area (Å²) in [5.74, 6) is 0.406. The van der Waals surface area contributed by atoms with E-state index < -0.39 is 25.4 Å². The highest BCUT2D eigenvalue weighted by molar-refractivity contribution is 5.52. The molecule has 5 N–H and O–H groups in total. The van der Waals surface area contributed by atoms with Crippen molar-refractivity contribution in [3.8, 4) is 17.2 Å². The number of phenols is 1. The summed E-state index contributed by atoms with van der Waals surface area (Å²) in [7, 11) is 2.84. The zero-order valence-corrected chi connectivity index (χ0v) is 11.6. The van der Waals surface area contributed by atoms with Gasteiger partial charge in [-0.05, 0) is 17.7 Å². The maximum absolute atomic E-state index is 9.79. The number of aromatic hydroxyl groups is 1. The average Bonchev–Trinajstić information content (AvgIpc) is 2.50. The molecule has 0 radical (unpaired) electrons. The highest BCUT2D eigenvalue weighted by Crippen LogP contribution is 2.37. The van der Waals surface area contributed by atoms with Crippen molar-refractivity contribution >= 4 is 0 Å². The van der Waals surface area contributed by atoms with Gasteiger partial charge in [-0.25, -0.2) is 0 Å². The monoisotopic (exact) mass is 287 g/mol. The Morgan fingerprint density at radius 2 is 1.45 bits per heavy atom. The molecule has 0 amide bonds. The molecule has 1 aromatic rings. The van der Waals surface area contributed by atoms with Crippen LogP contribution in [-0.4, -0.2) is 60.0 Å². The number of nitrogens with one attached hydrogen (secondary N) is 1. The van der Waals surface area contributed by atoms with Gasteiger partial charge in [0.25, 0.3) is 0 Å². The standard InChI is InChI=1S/C13H21NO6/c1-19-10-3-9(4-11(20-2)12(10)18)5-14-13(6-15,7-16)8-17/h3-4,14-18H,5-8H2,1-2H3. The minimum atomic E-state index is -1.17. The van der Waals surface area contributed by atoms with E-state index in [-0.39, 0.29) is 23.8 Å². The second kappa shape index (κ2) is 7.30. The Hall–Kier alpha value is -1.54. The summed E-state index contributed by atoms with van der Waals surface area (Å²) in [5.41, 5.74) is -0.463. The molecule has 0 atom stereocenters. The van der Waals surface area contributed by atoms with Crippen LogP contribution in [0.25, 0.3) is 0 Å². The smallest absolute Gasteiger partial charge is 0.200 e. The topological polar surface area (TPSA) is 111 Å². The van der Waals surface area contributed by atoms with E-state index in [2.05, 4.69) is 5.32 Å². The molecule has 0 spiro atoms. The quantitative estimate of drug-likeness (QED) is 0.426. The van der Waals surface area contributed by atoms with Crippen LogP contribution in [0.4, 0.5) is 0 Å². The van der Waals surface area contributed by atoms with Gasteiger partial charge in [0, 0.05) is 6.54 Å². The van der Waals surface area contributed by atoms with Crippen molar-refractivity contribution < 1.29 is 29.9 Å². The van der Waals surface area contributed by atoms with Crippen LogP contribution in [0.1, 0.15) is 5.56 Å². The third-order valence-electron chi connectivity index (χ3n) is 3.12. The van der Waals surface area contributed by atoms with Crippen molar-refractivity contribution in [3.05, 3.63) is 17.7 Å². The molecule has 0 fully saturated rings. The van der Waals surface area contributed by atoms with Crippen LogP contribution >= 0.6 is 0 Å². The Bertz CT molecular complexity index is 400. The fourth-order valence-corrected chi connectivity index (χ4v) is 1.66. The number of methoxy groups -OCH3 is 2. The van der Waals surface area contributed by atoms with E-state index in [0.717, 1.165) is 0 Å². The average molecular weight is 287 g/mol. The number of aliphatic hydroxyl groups excluding tert-OH is 3. The van der Waals surface area contributed by atoms with Crippen LogP contribution in [0.15, 0.2) is 12.1 Å². The first kappa shape index (κ1) is 16.5. The summed E-state index contributed by atoms with van der Waals surface area (Å²) >= 11 is 0. The summed E-state index contributed by atoms with van der Waals surface area (Å²) in [6.45, 7) is -0.986. The second-order valence-electron chi connectivity index (χ2n) is 4.46. The van der Waals surface area contributed by atoms with E-state index in [1.807, 2.05) is 0 Å². The lowest BCUT2D eigenvalue weighted by Gasteiger charge is -2.29. The van der Waals surface area contributed by atoms with E-state index in [4.69, 9.17) is 9.47 Å². The van der Waals surface area contributed by atoms with Crippen molar-refractivity contribution in [2.24, 2.45) is 0 Å². The van der Waals surface area contributed by atoms with Gasteiger partial charge in [0.15, 0.2) is 11.5 Å². The number of aliphatic hydroxyl groups is 3. The van der Waals surface area contributed by atoms with Crippen molar-refractivity contribution in [1.29, 1.82) is 0 Å². The molecule has 0 saturated carbocycles. The first-order valence-corrected chi connectivity index (χ1v) is 6.07. The molecule has 0 heterocycles. The molecular formula is C13H21NO6. The normalized spacial score (nSPS) is 11.4. The van der Waals surface area contributed by atoms with Gasteiger partial charge in [-0.1, -0.05) is 0 Å². The fraction of sp³-hybridized carbons (Fsp3) is 0.538. The Balaban J connectivity index is 2.92. The Kier molecular flexibility index (Phi) is 6.03. The van der Waals surface area contributed by atoms with Crippen molar-refractivity contribution in [1.82, 2.24) is 5.32 Å². The summed E-state index contributed by atoms with van der Waals surface area (Å²) in [5, 5.41) is 40.4. The predicted octanol–water partition coefficient (Wildman–Crippen LogP) is -0.785. The third-order valence-corrected chi connectivity index (χ3v) is 3.12. The summed E-state index contributed by atoms with van der Waals surface area (Å²) in [4.78, 5) is 0. The number of phenolic OH excluding ortho intramolecular Hbond substituents is 1. The van der Waals surface area contributed by atoms with Gasteiger partial charge in [0.1, 0.15) is 0 Å². The summed E-state index contributed by atoms with van der Waals surface area (Å²) < 4.78 is 10.1. The lowest BCUT2D eigenvalue weighted by Crippen LogP contribution is -2.54. The van der Waals surface area contributed by atoms with Gasteiger partial charge < -0.3 is 35.2 Å². The van der Waals surface area contributed by atoms with E-state index >= 15 is 0 Å². The molecule has 0 unspecified atom stereocenters. The molecule has 0 saturated heterocycles.